The summed E-state index contributed by atoms with van der Waals surface area (Å²) in [6.45, 7) is 0. The minimum Gasteiger partial charge on any atom is -0.337 e. The summed E-state index contributed by atoms with van der Waals surface area (Å²) in [5.41, 5.74) is 6.05. The average Bonchev–Trinajstić information content (AvgIpc) is 2.30. The van der Waals surface area contributed by atoms with Crippen LogP contribution in [0.4, 0.5) is 8.78 Å². The second kappa shape index (κ2) is 4.41. The molecule has 2 N–H and O–H groups in total. The third-order valence-corrected chi connectivity index (χ3v) is 3.21. The molecule has 2 atom stereocenters. The highest BCUT2D eigenvalue weighted by atomic mass is 19.2. The van der Waals surface area contributed by atoms with Gasteiger partial charge < -0.3 is 10.6 Å². The fourth-order valence-electron chi connectivity index (χ4n) is 2.25. The van der Waals surface area contributed by atoms with Crippen LogP contribution in [-0.2, 0) is 4.79 Å². The van der Waals surface area contributed by atoms with Crippen molar-refractivity contribution < 1.29 is 13.6 Å². The molecule has 0 aromatic heterocycles. The number of hydrogen-bond donors (Lipinski definition) is 1. The molecule has 0 bridgehead atoms. The molecule has 1 aliphatic heterocycles. The van der Waals surface area contributed by atoms with Crippen molar-refractivity contribution >= 4 is 5.91 Å². The lowest BCUT2D eigenvalue weighted by Crippen LogP contribution is -2.47. The zero-order valence-corrected chi connectivity index (χ0v) is 9.49. The second-order valence-electron chi connectivity index (χ2n) is 4.30. The fourth-order valence-corrected chi connectivity index (χ4v) is 2.25. The summed E-state index contributed by atoms with van der Waals surface area (Å²) in [5, 5.41) is 0. The minimum absolute atomic E-state index is 0.0969. The lowest BCUT2D eigenvalue weighted by atomic mass is 9.90. The summed E-state index contributed by atoms with van der Waals surface area (Å²) in [6, 6.07) is 2.99. The van der Waals surface area contributed by atoms with E-state index in [9.17, 15) is 13.6 Å². The summed E-state index contributed by atoms with van der Waals surface area (Å²) >= 11 is 0. The molecule has 1 aromatic carbocycles. The number of amides is 1. The van der Waals surface area contributed by atoms with Gasteiger partial charge in [0, 0.05) is 25.1 Å². The van der Waals surface area contributed by atoms with E-state index in [2.05, 4.69) is 0 Å². The Morgan fingerprint density at radius 1 is 1.41 bits per heavy atom. The maximum Gasteiger partial charge on any atom is 0.222 e. The van der Waals surface area contributed by atoms with Gasteiger partial charge in [-0.1, -0.05) is 12.1 Å². The second-order valence-corrected chi connectivity index (χ2v) is 4.30. The lowest BCUT2D eigenvalue weighted by molar-refractivity contribution is -0.135. The van der Waals surface area contributed by atoms with Gasteiger partial charge in [-0.05, 0) is 12.5 Å². The summed E-state index contributed by atoms with van der Waals surface area (Å²) < 4.78 is 26.9. The van der Waals surface area contributed by atoms with Gasteiger partial charge in [-0.15, -0.1) is 0 Å². The highest BCUT2D eigenvalue weighted by Crippen LogP contribution is 2.31. The molecule has 92 valence electrons. The Labute approximate surface area is 98.2 Å². The summed E-state index contributed by atoms with van der Waals surface area (Å²) in [6.07, 6.45) is 0.842. The molecule has 0 saturated carbocycles. The number of nitrogens with two attached hydrogens (primary N) is 1. The van der Waals surface area contributed by atoms with Crippen molar-refractivity contribution in [2.45, 2.75) is 24.9 Å². The number of likely N-dealkylation sites (N-methyl/N-ethyl adjacent to an activating group) is 1. The minimum atomic E-state index is -0.922. The first-order chi connectivity index (χ1) is 8.02. The van der Waals surface area contributed by atoms with Crippen molar-refractivity contribution in [3.63, 3.8) is 0 Å². The van der Waals surface area contributed by atoms with Crippen LogP contribution in [0.2, 0.25) is 0 Å². The molecule has 0 aliphatic carbocycles. The van der Waals surface area contributed by atoms with Gasteiger partial charge in [0.2, 0.25) is 5.91 Å². The molecule has 1 amide bonds. The molecule has 1 saturated heterocycles. The van der Waals surface area contributed by atoms with Crippen LogP contribution in [0.3, 0.4) is 0 Å². The number of carbonyl (C=O) groups is 1. The molecule has 0 spiro atoms. The molecule has 5 heteroatoms. The van der Waals surface area contributed by atoms with Crippen molar-refractivity contribution in [1.29, 1.82) is 0 Å². The largest absolute Gasteiger partial charge is 0.337 e. The van der Waals surface area contributed by atoms with Crippen LogP contribution in [0.15, 0.2) is 18.2 Å². The van der Waals surface area contributed by atoms with E-state index in [4.69, 9.17) is 5.73 Å². The monoisotopic (exact) mass is 240 g/mol. The number of likely N-dealkylation sites (tertiary alicyclic amines) is 1. The highest BCUT2D eigenvalue weighted by Gasteiger charge is 2.34. The van der Waals surface area contributed by atoms with Crippen LogP contribution in [0, 0.1) is 11.6 Å². The number of piperidine rings is 1. The molecule has 2 unspecified atom stereocenters. The Morgan fingerprint density at radius 3 is 2.82 bits per heavy atom. The fraction of sp³-hybridized carbons (Fsp3) is 0.417. The van der Waals surface area contributed by atoms with Gasteiger partial charge in [-0.2, -0.15) is 0 Å². The summed E-state index contributed by atoms with van der Waals surface area (Å²) in [5.74, 6) is -1.93. The Hall–Kier alpha value is -1.49. The van der Waals surface area contributed by atoms with Gasteiger partial charge in [-0.25, -0.2) is 8.78 Å². The Morgan fingerprint density at radius 2 is 2.12 bits per heavy atom. The number of benzene rings is 1. The van der Waals surface area contributed by atoms with Gasteiger partial charge in [0.05, 0.1) is 6.04 Å². The van der Waals surface area contributed by atoms with E-state index in [1.165, 1.54) is 17.0 Å². The molecule has 3 nitrogen and oxygen atoms in total. The molecule has 17 heavy (non-hydrogen) atoms. The van der Waals surface area contributed by atoms with Gasteiger partial charge >= 0.3 is 0 Å². The Balaban J connectivity index is 2.43. The lowest BCUT2D eigenvalue weighted by Gasteiger charge is -2.37. The molecular formula is C12H14F2N2O. The van der Waals surface area contributed by atoms with Gasteiger partial charge in [-0.3, -0.25) is 4.79 Å². The van der Waals surface area contributed by atoms with Crippen molar-refractivity contribution in [2.24, 2.45) is 5.73 Å². The Bertz CT molecular complexity index is 450. The SMILES string of the molecule is CN1C(=O)CCC(N)C1c1cccc(F)c1F. The molecule has 1 aromatic rings. The number of rotatable bonds is 1. The van der Waals surface area contributed by atoms with E-state index >= 15 is 0 Å². The van der Waals surface area contributed by atoms with E-state index in [1.54, 1.807) is 7.05 Å². The third kappa shape index (κ3) is 2.02. The maximum atomic E-state index is 13.7. The van der Waals surface area contributed by atoms with E-state index < -0.39 is 17.7 Å². The topological polar surface area (TPSA) is 46.3 Å². The van der Waals surface area contributed by atoms with E-state index in [-0.39, 0.29) is 17.5 Å². The Kier molecular flexibility index (Phi) is 3.11. The molecule has 0 radical (unpaired) electrons. The van der Waals surface area contributed by atoms with E-state index in [0.717, 1.165) is 6.07 Å². The average molecular weight is 240 g/mol. The quantitative estimate of drug-likeness (QED) is 0.810. The van der Waals surface area contributed by atoms with Crippen LogP contribution < -0.4 is 5.73 Å². The van der Waals surface area contributed by atoms with Crippen LogP contribution in [-0.4, -0.2) is 23.9 Å². The molecule has 2 rings (SSSR count). The number of nitrogens with zero attached hydrogens (tertiary/aromatic N) is 1. The zero-order chi connectivity index (χ0) is 12.6. The van der Waals surface area contributed by atoms with Gasteiger partial charge in [0.1, 0.15) is 0 Å². The first-order valence-corrected chi connectivity index (χ1v) is 5.47. The van der Waals surface area contributed by atoms with Crippen molar-refractivity contribution in [3.05, 3.63) is 35.4 Å². The molecule has 1 fully saturated rings. The smallest absolute Gasteiger partial charge is 0.222 e. The van der Waals surface area contributed by atoms with E-state index in [1.807, 2.05) is 0 Å². The molecule has 1 heterocycles. The van der Waals surface area contributed by atoms with Gasteiger partial charge in [0.15, 0.2) is 11.6 Å². The predicted octanol–water partition coefficient (Wildman–Crippen LogP) is 1.59. The number of carbonyl (C=O) groups excluding carboxylic acids is 1. The molecular weight excluding hydrogens is 226 g/mol. The number of halogens is 2. The van der Waals surface area contributed by atoms with Gasteiger partial charge in [0.25, 0.3) is 0 Å². The predicted molar refractivity (Wildman–Crippen MR) is 59.1 cm³/mol. The highest BCUT2D eigenvalue weighted by molar-refractivity contribution is 5.77. The summed E-state index contributed by atoms with van der Waals surface area (Å²) in [7, 11) is 1.57. The number of hydrogen-bond acceptors (Lipinski definition) is 2. The van der Waals surface area contributed by atoms with E-state index in [0.29, 0.717) is 12.8 Å². The van der Waals surface area contributed by atoms with Crippen molar-refractivity contribution in [1.82, 2.24) is 4.90 Å². The van der Waals surface area contributed by atoms with Crippen molar-refractivity contribution in [2.75, 3.05) is 7.05 Å². The van der Waals surface area contributed by atoms with Crippen LogP contribution in [0.1, 0.15) is 24.4 Å². The van der Waals surface area contributed by atoms with Crippen LogP contribution in [0.5, 0.6) is 0 Å². The van der Waals surface area contributed by atoms with Crippen LogP contribution >= 0.6 is 0 Å². The standard InChI is InChI=1S/C12H14F2N2O/c1-16-10(17)6-5-9(15)12(16)7-3-2-4-8(13)11(7)14/h2-4,9,12H,5-6,15H2,1H3. The van der Waals surface area contributed by atoms with Crippen molar-refractivity contribution in [3.8, 4) is 0 Å². The third-order valence-electron chi connectivity index (χ3n) is 3.21. The molecule has 1 aliphatic rings. The first kappa shape index (κ1) is 12.0. The summed E-state index contributed by atoms with van der Waals surface area (Å²) in [4.78, 5) is 13.0. The first-order valence-electron chi connectivity index (χ1n) is 5.47. The van der Waals surface area contributed by atoms with Crippen LogP contribution in [0.25, 0.3) is 0 Å². The zero-order valence-electron chi connectivity index (χ0n) is 9.49. The maximum absolute atomic E-state index is 13.7. The normalized spacial score (nSPS) is 25.2.